The van der Waals surface area contributed by atoms with E-state index < -0.39 is 39.8 Å². The lowest BCUT2D eigenvalue weighted by molar-refractivity contribution is -0.387. The Morgan fingerprint density at radius 2 is 2.11 bits per heavy atom. The van der Waals surface area contributed by atoms with Crippen molar-refractivity contribution < 1.29 is 23.6 Å². The number of amides is 1. The minimum absolute atomic E-state index is 0.285. The fourth-order valence-electron chi connectivity index (χ4n) is 1.39. The Bertz CT molecular complexity index is 504. The van der Waals surface area contributed by atoms with Crippen LogP contribution in [0.5, 0.6) is 0 Å². The third-order valence-corrected chi connectivity index (χ3v) is 2.53. The van der Waals surface area contributed by atoms with Gasteiger partial charge in [-0.2, -0.15) is 4.39 Å². The average Bonchev–Trinajstić information content (AvgIpc) is 2.35. The van der Waals surface area contributed by atoms with Crippen molar-refractivity contribution in [1.29, 1.82) is 0 Å². The highest BCUT2D eigenvalue weighted by atomic mass is 19.1. The normalized spacial score (nSPS) is 12.0. The number of halogens is 2. The summed E-state index contributed by atoms with van der Waals surface area (Å²) in [5.74, 6) is -3.50. The number of nitro groups is 1. The average molecular weight is 274 g/mol. The van der Waals surface area contributed by atoms with Crippen LogP contribution in [0, 0.1) is 21.7 Å². The SMILES string of the molecule is CCC(CO)NC(=O)c1cc([N+](=O)[O-])c(F)cc1F. The van der Waals surface area contributed by atoms with Gasteiger partial charge in [-0.15, -0.1) is 0 Å². The first-order chi connectivity index (χ1) is 8.90. The molecule has 0 aliphatic rings. The Morgan fingerprint density at radius 3 is 2.58 bits per heavy atom. The third kappa shape index (κ3) is 3.44. The van der Waals surface area contributed by atoms with Crippen LogP contribution in [0.2, 0.25) is 0 Å². The van der Waals surface area contributed by atoms with Crippen LogP contribution >= 0.6 is 0 Å². The fraction of sp³-hybridized carbons (Fsp3) is 0.364. The highest BCUT2D eigenvalue weighted by Gasteiger charge is 2.23. The molecule has 1 amide bonds. The van der Waals surface area contributed by atoms with Gasteiger partial charge in [-0.3, -0.25) is 14.9 Å². The number of nitrogens with one attached hydrogen (secondary N) is 1. The molecule has 0 fully saturated rings. The molecule has 1 aromatic rings. The number of aliphatic hydroxyl groups is 1. The van der Waals surface area contributed by atoms with Gasteiger partial charge in [0.2, 0.25) is 5.82 Å². The van der Waals surface area contributed by atoms with E-state index in [0.717, 1.165) is 0 Å². The Kier molecular flexibility index (Phi) is 4.87. The number of rotatable bonds is 5. The Labute approximate surface area is 107 Å². The van der Waals surface area contributed by atoms with Crippen molar-refractivity contribution in [1.82, 2.24) is 5.32 Å². The van der Waals surface area contributed by atoms with Crippen LogP contribution in [0.25, 0.3) is 0 Å². The van der Waals surface area contributed by atoms with Crippen molar-refractivity contribution in [3.8, 4) is 0 Å². The van der Waals surface area contributed by atoms with Gasteiger partial charge < -0.3 is 10.4 Å². The number of hydrogen-bond donors (Lipinski definition) is 2. The van der Waals surface area contributed by atoms with E-state index in [2.05, 4.69) is 5.32 Å². The summed E-state index contributed by atoms with van der Waals surface area (Å²) >= 11 is 0. The molecule has 0 aromatic heterocycles. The van der Waals surface area contributed by atoms with E-state index in [4.69, 9.17) is 5.11 Å². The molecule has 0 saturated carbocycles. The van der Waals surface area contributed by atoms with E-state index >= 15 is 0 Å². The van der Waals surface area contributed by atoms with Gasteiger partial charge in [-0.1, -0.05) is 6.92 Å². The summed E-state index contributed by atoms with van der Waals surface area (Å²) in [5.41, 5.74) is -1.62. The molecule has 0 saturated heterocycles. The van der Waals surface area contributed by atoms with Crippen molar-refractivity contribution in [2.24, 2.45) is 0 Å². The van der Waals surface area contributed by atoms with Crippen LogP contribution in [-0.2, 0) is 0 Å². The number of carbonyl (C=O) groups is 1. The molecule has 2 N–H and O–H groups in total. The molecule has 8 heteroatoms. The van der Waals surface area contributed by atoms with Gasteiger partial charge in [0.15, 0.2) is 0 Å². The maximum atomic E-state index is 13.4. The lowest BCUT2D eigenvalue weighted by Crippen LogP contribution is -2.37. The predicted molar refractivity (Wildman–Crippen MR) is 61.6 cm³/mol. The quantitative estimate of drug-likeness (QED) is 0.626. The van der Waals surface area contributed by atoms with Gasteiger partial charge in [-0.25, -0.2) is 4.39 Å². The highest BCUT2D eigenvalue weighted by molar-refractivity contribution is 5.95. The van der Waals surface area contributed by atoms with Gasteiger partial charge in [-0.05, 0) is 6.42 Å². The van der Waals surface area contributed by atoms with Gasteiger partial charge in [0, 0.05) is 12.1 Å². The second kappa shape index (κ2) is 6.19. The lowest BCUT2D eigenvalue weighted by Gasteiger charge is -2.14. The fourth-order valence-corrected chi connectivity index (χ4v) is 1.39. The van der Waals surface area contributed by atoms with Crippen LogP contribution in [0.1, 0.15) is 23.7 Å². The predicted octanol–water partition coefficient (Wildman–Crippen LogP) is 1.37. The molecule has 0 bridgehead atoms. The largest absolute Gasteiger partial charge is 0.394 e. The smallest absolute Gasteiger partial charge is 0.305 e. The molecule has 1 aromatic carbocycles. The van der Waals surface area contributed by atoms with Gasteiger partial charge in [0.05, 0.1) is 23.1 Å². The molecule has 0 heterocycles. The summed E-state index contributed by atoms with van der Waals surface area (Å²) in [6.07, 6.45) is 0.396. The first-order valence-corrected chi connectivity index (χ1v) is 5.45. The van der Waals surface area contributed by atoms with E-state index in [1.165, 1.54) is 0 Å². The second-order valence-corrected chi connectivity index (χ2v) is 3.80. The molecule has 1 unspecified atom stereocenters. The van der Waals surface area contributed by atoms with Crippen LogP contribution in [0.3, 0.4) is 0 Å². The zero-order chi connectivity index (χ0) is 14.6. The zero-order valence-electron chi connectivity index (χ0n) is 10.0. The number of aliphatic hydroxyl groups excluding tert-OH is 1. The molecular formula is C11H12F2N2O4. The number of nitrogens with zero attached hydrogens (tertiary/aromatic N) is 1. The molecular weight excluding hydrogens is 262 g/mol. The number of carbonyl (C=O) groups excluding carboxylic acids is 1. The summed E-state index contributed by atoms with van der Waals surface area (Å²) in [5, 5.41) is 21.7. The van der Waals surface area contributed by atoms with Crippen LogP contribution in [-0.4, -0.2) is 28.6 Å². The van der Waals surface area contributed by atoms with E-state index in [-0.39, 0.29) is 12.7 Å². The maximum absolute atomic E-state index is 13.4. The van der Waals surface area contributed by atoms with E-state index in [1.54, 1.807) is 6.92 Å². The molecule has 104 valence electrons. The van der Waals surface area contributed by atoms with Gasteiger partial charge in [0.1, 0.15) is 5.82 Å². The Balaban J connectivity index is 3.09. The maximum Gasteiger partial charge on any atom is 0.305 e. The summed E-state index contributed by atoms with van der Waals surface area (Å²) in [6, 6.07) is 0.216. The van der Waals surface area contributed by atoms with Gasteiger partial charge >= 0.3 is 5.69 Å². The monoisotopic (exact) mass is 274 g/mol. The summed E-state index contributed by atoms with van der Waals surface area (Å²) in [6.45, 7) is 1.33. The molecule has 0 radical (unpaired) electrons. The third-order valence-electron chi connectivity index (χ3n) is 2.53. The van der Waals surface area contributed by atoms with Gasteiger partial charge in [0.25, 0.3) is 5.91 Å². The summed E-state index contributed by atoms with van der Waals surface area (Å²) in [7, 11) is 0. The van der Waals surface area contributed by atoms with Crippen molar-refractivity contribution in [2.45, 2.75) is 19.4 Å². The standard InChI is InChI=1S/C11H12F2N2O4/c1-2-6(5-16)14-11(17)7-3-10(15(18)19)9(13)4-8(7)12/h3-4,6,16H,2,5H2,1H3,(H,14,17). The number of benzene rings is 1. The summed E-state index contributed by atoms with van der Waals surface area (Å²) < 4.78 is 26.5. The number of nitro benzene ring substituents is 1. The Hall–Kier alpha value is -2.09. The zero-order valence-corrected chi connectivity index (χ0v) is 10.0. The topological polar surface area (TPSA) is 92.5 Å². The number of hydrogen-bond acceptors (Lipinski definition) is 4. The molecule has 19 heavy (non-hydrogen) atoms. The Morgan fingerprint density at radius 1 is 1.47 bits per heavy atom. The molecule has 1 rings (SSSR count). The molecule has 1 atom stereocenters. The van der Waals surface area contributed by atoms with E-state index in [1.807, 2.05) is 0 Å². The molecule has 0 aliphatic carbocycles. The summed E-state index contributed by atoms with van der Waals surface area (Å²) in [4.78, 5) is 21.1. The van der Waals surface area contributed by atoms with E-state index in [0.29, 0.717) is 12.5 Å². The second-order valence-electron chi connectivity index (χ2n) is 3.80. The first-order valence-electron chi connectivity index (χ1n) is 5.45. The van der Waals surface area contributed by atoms with Crippen molar-refractivity contribution in [3.63, 3.8) is 0 Å². The molecule has 0 aliphatic heterocycles. The van der Waals surface area contributed by atoms with Crippen LogP contribution < -0.4 is 5.32 Å². The minimum Gasteiger partial charge on any atom is -0.394 e. The minimum atomic E-state index is -1.35. The van der Waals surface area contributed by atoms with Crippen LogP contribution in [0.4, 0.5) is 14.5 Å². The van der Waals surface area contributed by atoms with Crippen LogP contribution in [0.15, 0.2) is 12.1 Å². The van der Waals surface area contributed by atoms with Crippen molar-refractivity contribution in [3.05, 3.63) is 39.4 Å². The van der Waals surface area contributed by atoms with Crippen molar-refractivity contribution in [2.75, 3.05) is 6.61 Å². The molecule has 6 nitrogen and oxygen atoms in total. The molecule has 0 spiro atoms. The lowest BCUT2D eigenvalue weighted by atomic mass is 10.1. The first kappa shape index (κ1) is 15.0. The highest BCUT2D eigenvalue weighted by Crippen LogP contribution is 2.21. The van der Waals surface area contributed by atoms with E-state index in [9.17, 15) is 23.7 Å². The van der Waals surface area contributed by atoms with Crippen molar-refractivity contribution >= 4 is 11.6 Å².